The molecule has 0 atom stereocenters. The highest BCUT2D eigenvalue weighted by molar-refractivity contribution is 9.10. The van der Waals surface area contributed by atoms with Gasteiger partial charge in [-0.05, 0) is 37.5 Å². The molecule has 1 aliphatic rings. The highest BCUT2D eigenvalue weighted by Crippen LogP contribution is 2.39. The van der Waals surface area contributed by atoms with E-state index in [-0.39, 0.29) is 0 Å². The largest absolute Gasteiger partial charge is 0.325 e. The number of hydrogen-bond donors (Lipinski definition) is 0. The Morgan fingerprint density at radius 2 is 2.12 bits per heavy atom. The molecule has 0 saturated heterocycles. The number of pyridine rings is 1. The molecule has 0 unspecified atom stereocenters. The molecule has 26 heavy (non-hydrogen) atoms. The molecule has 0 N–H and O–H groups in total. The second kappa shape index (κ2) is 5.70. The van der Waals surface area contributed by atoms with Crippen molar-refractivity contribution in [3.8, 4) is 0 Å². The maximum atomic E-state index is 14.0. The Bertz CT molecular complexity index is 1170. The third-order valence-corrected chi connectivity index (χ3v) is 5.54. The van der Waals surface area contributed by atoms with Crippen LogP contribution in [0.5, 0.6) is 0 Å². The minimum absolute atomic E-state index is 0.487. The number of halogens is 2. The summed E-state index contributed by atoms with van der Waals surface area (Å²) >= 11 is 3.64. The molecule has 6 nitrogen and oxygen atoms in total. The predicted octanol–water partition coefficient (Wildman–Crippen LogP) is 3.97. The van der Waals surface area contributed by atoms with Crippen LogP contribution >= 0.6 is 15.9 Å². The minimum atomic E-state index is -0.530. The van der Waals surface area contributed by atoms with E-state index in [1.807, 2.05) is 19.1 Å². The van der Waals surface area contributed by atoms with Gasteiger partial charge >= 0.3 is 0 Å². The summed E-state index contributed by atoms with van der Waals surface area (Å²) in [6.07, 6.45) is 3.50. The molecular formula is C18H14BrFN6. The monoisotopic (exact) mass is 412 g/mol. The molecule has 130 valence electrons. The Morgan fingerprint density at radius 3 is 3.00 bits per heavy atom. The molecule has 5 rings (SSSR count). The van der Waals surface area contributed by atoms with Crippen LogP contribution in [0, 0.1) is 12.9 Å². The fourth-order valence-corrected chi connectivity index (χ4v) is 4.20. The van der Waals surface area contributed by atoms with Gasteiger partial charge in [-0.15, -0.1) is 10.2 Å². The number of rotatable bonds is 1. The Hall–Kier alpha value is -2.61. The Kier molecular flexibility index (Phi) is 3.43. The molecule has 0 saturated carbocycles. The fourth-order valence-electron chi connectivity index (χ4n) is 3.65. The maximum Gasteiger partial charge on any atom is 0.257 e. The highest BCUT2D eigenvalue weighted by atomic mass is 79.9. The molecule has 3 aromatic heterocycles. The highest BCUT2D eigenvalue weighted by Gasteiger charge is 2.24. The summed E-state index contributed by atoms with van der Waals surface area (Å²) in [7, 11) is 0. The first-order chi connectivity index (χ1) is 12.6. The summed E-state index contributed by atoms with van der Waals surface area (Å²) < 4.78 is 16.8. The molecular weight excluding hydrogens is 399 g/mol. The summed E-state index contributed by atoms with van der Waals surface area (Å²) in [4.78, 5) is 10.7. The summed E-state index contributed by atoms with van der Waals surface area (Å²) in [6, 6.07) is 7.56. The molecule has 0 fully saturated rings. The van der Waals surface area contributed by atoms with Crippen molar-refractivity contribution in [1.82, 2.24) is 24.6 Å². The van der Waals surface area contributed by atoms with Crippen LogP contribution in [0.4, 0.5) is 15.9 Å². The third-order valence-electron chi connectivity index (χ3n) is 4.79. The number of hydrogen-bond acceptors (Lipinski definition) is 5. The zero-order valence-corrected chi connectivity index (χ0v) is 15.5. The van der Waals surface area contributed by atoms with Crippen LogP contribution in [-0.2, 0) is 6.42 Å². The number of anilines is 2. The normalized spacial score (nSPS) is 14.2. The second-order valence-electron chi connectivity index (χ2n) is 6.33. The van der Waals surface area contributed by atoms with Gasteiger partial charge in [0.1, 0.15) is 11.6 Å². The van der Waals surface area contributed by atoms with Gasteiger partial charge in [0.15, 0.2) is 0 Å². The van der Waals surface area contributed by atoms with Crippen LogP contribution in [-0.4, -0.2) is 31.1 Å². The molecule has 0 bridgehead atoms. The lowest BCUT2D eigenvalue weighted by Crippen LogP contribution is -2.26. The van der Waals surface area contributed by atoms with Gasteiger partial charge in [-0.2, -0.15) is 9.37 Å². The van der Waals surface area contributed by atoms with Crippen LogP contribution in [0.2, 0.25) is 0 Å². The van der Waals surface area contributed by atoms with Crippen molar-refractivity contribution in [2.24, 2.45) is 0 Å². The molecule has 8 heteroatoms. The van der Waals surface area contributed by atoms with E-state index in [0.29, 0.717) is 22.8 Å². The lowest BCUT2D eigenvalue weighted by Gasteiger charge is -2.31. The Balaban J connectivity index is 1.85. The number of benzene rings is 1. The zero-order chi connectivity index (χ0) is 17.8. The van der Waals surface area contributed by atoms with Crippen molar-refractivity contribution in [2.75, 3.05) is 11.4 Å². The molecule has 0 spiro atoms. The Labute approximate surface area is 156 Å². The first-order valence-electron chi connectivity index (χ1n) is 8.35. The van der Waals surface area contributed by atoms with Gasteiger partial charge in [0.25, 0.3) is 5.78 Å². The quantitative estimate of drug-likeness (QED) is 0.442. The summed E-state index contributed by atoms with van der Waals surface area (Å²) in [5.74, 6) is 1.33. The average molecular weight is 413 g/mol. The van der Waals surface area contributed by atoms with Crippen molar-refractivity contribution in [3.05, 3.63) is 52.3 Å². The van der Waals surface area contributed by atoms with Crippen molar-refractivity contribution < 1.29 is 4.39 Å². The van der Waals surface area contributed by atoms with Gasteiger partial charge in [0.05, 0.1) is 11.7 Å². The smallest absolute Gasteiger partial charge is 0.257 e. The van der Waals surface area contributed by atoms with Crippen molar-refractivity contribution in [3.63, 3.8) is 0 Å². The van der Waals surface area contributed by atoms with Gasteiger partial charge < -0.3 is 4.90 Å². The van der Waals surface area contributed by atoms with Gasteiger partial charge in [-0.1, -0.05) is 22.0 Å². The van der Waals surface area contributed by atoms with Gasteiger partial charge in [-0.3, -0.25) is 4.40 Å². The van der Waals surface area contributed by atoms with Crippen molar-refractivity contribution in [1.29, 1.82) is 0 Å². The summed E-state index contributed by atoms with van der Waals surface area (Å²) in [5.41, 5.74) is 3.06. The lowest BCUT2D eigenvalue weighted by molar-refractivity contribution is 0.586. The first-order valence-corrected chi connectivity index (χ1v) is 9.15. The molecule has 4 heterocycles. The van der Waals surface area contributed by atoms with E-state index in [0.717, 1.165) is 35.1 Å². The summed E-state index contributed by atoms with van der Waals surface area (Å²) in [6.45, 7) is 2.65. The third kappa shape index (κ3) is 2.21. The second-order valence-corrected chi connectivity index (χ2v) is 7.19. The maximum absolute atomic E-state index is 14.0. The molecule has 0 radical (unpaired) electrons. The number of aryl methyl sites for hydroxylation is 1. The molecule has 0 amide bonds. The minimum Gasteiger partial charge on any atom is -0.325 e. The summed E-state index contributed by atoms with van der Waals surface area (Å²) in [5, 5.41) is 8.98. The van der Waals surface area contributed by atoms with Crippen LogP contribution < -0.4 is 4.90 Å². The van der Waals surface area contributed by atoms with E-state index in [1.54, 1.807) is 4.40 Å². The fraction of sp³-hybridized carbons (Fsp3) is 0.222. The van der Waals surface area contributed by atoms with Crippen molar-refractivity contribution >= 4 is 44.1 Å². The number of nitrogens with zero attached hydrogens (tertiary/aromatic N) is 6. The number of fused-ring (bicyclic) bond motifs is 4. The predicted molar refractivity (Wildman–Crippen MR) is 100 cm³/mol. The van der Waals surface area contributed by atoms with E-state index < -0.39 is 5.95 Å². The number of aromatic nitrogens is 5. The van der Waals surface area contributed by atoms with Crippen LogP contribution in [0.3, 0.4) is 0 Å². The molecule has 0 aliphatic carbocycles. The topological polar surface area (TPSA) is 59.2 Å². The van der Waals surface area contributed by atoms with E-state index in [4.69, 9.17) is 4.98 Å². The van der Waals surface area contributed by atoms with Crippen LogP contribution in [0.25, 0.3) is 16.7 Å². The first kappa shape index (κ1) is 15.6. The average Bonchev–Trinajstić information content (AvgIpc) is 3.02. The SMILES string of the molecule is Cc1nnc2nc(N3CCCc4c(Br)cccc43)c3cc(F)ncc3n12. The van der Waals surface area contributed by atoms with E-state index >= 15 is 0 Å². The standard InChI is InChI=1S/C18H14BrFN6/c1-10-23-24-18-22-17(12-8-16(20)21-9-15(12)26(10)18)25-7-3-4-11-13(19)5-2-6-14(11)25/h2,5-6,8-9H,3-4,7H2,1H3. The van der Waals surface area contributed by atoms with Crippen LogP contribution in [0.1, 0.15) is 17.8 Å². The zero-order valence-electron chi connectivity index (χ0n) is 13.9. The molecule has 1 aromatic carbocycles. The van der Waals surface area contributed by atoms with Crippen molar-refractivity contribution in [2.45, 2.75) is 19.8 Å². The van der Waals surface area contributed by atoms with Crippen LogP contribution in [0.15, 0.2) is 34.9 Å². The van der Waals surface area contributed by atoms with Gasteiger partial charge in [0, 0.05) is 28.2 Å². The van der Waals surface area contributed by atoms with Gasteiger partial charge in [0.2, 0.25) is 5.95 Å². The molecule has 1 aliphatic heterocycles. The van der Waals surface area contributed by atoms with E-state index in [9.17, 15) is 4.39 Å². The van der Waals surface area contributed by atoms with E-state index in [2.05, 4.69) is 42.1 Å². The molecule has 4 aromatic rings. The van der Waals surface area contributed by atoms with E-state index in [1.165, 1.54) is 17.8 Å². The van der Waals surface area contributed by atoms with Gasteiger partial charge in [-0.25, -0.2) is 4.98 Å². The lowest BCUT2D eigenvalue weighted by atomic mass is 10.0. The Morgan fingerprint density at radius 1 is 1.23 bits per heavy atom.